The van der Waals surface area contributed by atoms with Gasteiger partial charge in [0.15, 0.2) is 0 Å². The van der Waals surface area contributed by atoms with Crippen LogP contribution in [0.25, 0.3) is 10.5 Å². The van der Waals surface area contributed by atoms with Crippen LogP contribution >= 0.6 is 0 Å². The van der Waals surface area contributed by atoms with Crippen molar-refractivity contribution in [2.45, 2.75) is 6.54 Å². The summed E-state index contributed by atoms with van der Waals surface area (Å²) < 4.78 is 1.78. The van der Waals surface area contributed by atoms with Crippen LogP contribution in [0.5, 0.6) is 0 Å². The molecule has 14 heavy (non-hydrogen) atoms. The lowest BCUT2D eigenvalue weighted by Gasteiger charge is -2.03. The molecular formula is C11H9N3. The maximum Gasteiger partial charge on any atom is 0.241 e. The molecule has 0 bridgehead atoms. The number of hydrogen-bond donors (Lipinski definition) is 0. The Kier molecular flexibility index (Phi) is 2.28. The van der Waals surface area contributed by atoms with Crippen LogP contribution in [-0.2, 0) is 6.54 Å². The molecule has 0 saturated heterocycles. The number of aromatic nitrogens is 2. The van der Waals surface area contributed by atoms with Gasteiger partial charge in [-0.2, -0.15) is 5.10 Å². The molecule has 0 aliphatic carbocycles. The molecule has 1 aromatic carbocycles. The van der Waals surface area contributed by atoms with Crippen molar-refractivity contribution in [3.63, 3.8) is 0 Å². The van der Waals surface area contributed by atoms with E-state index in [9.17, 15) is 0 Å². The van der Waals surface area contributed by atoms with Gasteiger partial charge in [0, 0.05) is 12.4 Å². The minimum Gasteiger partial charge on any atom is -0.312 e. The van der Waals surface area contributed by atoms with Crippen LogP contribution in [0.2, 0.25) is 0 Å². The second-order valence-corrected chi connectivity index (χ2v) is 2.90. The van der Waals surface area contributed by atoms with Gasteiger partial charge in [-0.15, -0.1) is 0 Å². The van der Waals surface area contributed by atoms with E-state index < -0.39 is 0 Å². The first-order valence-electron chi connectivity index (χ1n) is 4.33. The van der Waals surface area contributed by atoms with Gasteiger partial charge >= 0.3 is 0 Å². The Morgan fingerprint density at radius 3 is 2.86 bits per heavy atom. The van der Waals surface area contributed by atoms with E-state index in [-0.39, 0.29) is 0 Å². The van der Waals surface area contributed by atoms with Gasteiger partial charge in [0.25, 0.3) is 0 Å². The predicted octanol–water partition coefficient (Wildman–Crippen LogP) is 2.29. The summed E-state index contributed by atoms with van der Waals surface area (Å²) in [5.74, 6) is 0. The largest absolute Gasteiger partial charge is 0.312 e. The number of rotatable bonds is 2. The predicted molar refractivity (Wildman–Crippen MR) is 53.9 cm³/mol. The zero-order valence-electron chi connectivity index (χ0n) is 7.59. The molecule has 0 unspecified atom stereocenters. The van der Waals surface area contributed by atoms with Crippen LogP contribution in [0, 0.1) is 6.57 Å². The molecule has 0 amide bonds. The van der Waals surface area contributed by atoms with E-state index in [0.717, 1.165) is 11.3 Å². The van der Waals surface area contributed by atoms with E-state index in [1.54, 1.807) is 10.9 Å². The molecular weight excluding hydrogens is 174 g/mol. The van der Waals surface area contributed by atoms with Crippen LogP contribution in [0.4, 0.5) is 0 Å². The molecule has 0 atom stereocenters. The molecule has 1 heterocycles. The molecule has 0 N–H and O–H groups in total. The quantitative estimate of drug-likeness (QED) is 0.655. The molecule has 0 aliphatic heterocycles. The third kappa shape index (κ3) is 1.50. The molecule has 0 saturated carbocycles. The van der Waals surface area contributed by atoms with Crippen molar-refractivity contribution < 1.29 is 0 Å². The highest BCUT2D eigenvalue weighted by molar-refractivity contribution is 5.40. The minimum absolute atomic E-state index is 0.399. The molecule has 0 aliphatic rings. The lowest BCUT2D eigenvalue weighted by Crippen LogP contribution is -1.98. The lowest BCUT2D eigenvalue weighted by molar-refractivity contribution is 0.867. The maximum absolute atomic E-state index is 6.86. The summed E-state index contributed by atoms with van der Waals surface area (Å²) in [5.41, 5.74) is 1.99. The molecule has 2 rings (SSSR count). The monoisotopic (exact) mass is 183 g/mol. The number of para-hydroxylation sites is 1. The fourth-order valence-electron chi connectivity index (χ4n) is 1.36. The van der Waals surface area contributed by atoms with Crippen molar-refractivity contribution in [1.29, 1.82) is 0 Å². The van der Waals surface area contributed by atoms with Gasteiger partial charge in [-0.1, -0.05) is 12.1 Å². The molecule has 68 valence electrons. The van der Waals surface area contributed by atoms with Crippen LogP contribution in [0.3, 0.4) is 0 Å². The van der Waals surface area contributed by atoms with Crippen LogP contribution < -0.4 is 0 Å². The zero-order chi connectivity index (χ0) is 9.80. The number of benzene rings is 1. The third-order valence-electron chi connectivity index (χ3n) is 1.99. The lowest BCUT2D eigenvalue weighted by atomic mass is 10.2. The Balaban J connectivity index is 2.48. The second kappa shape index (κ2) is 3.75. The highest BCUT2D eigenvalue weighted by Gasteiger charge is 2.04. The Morgan fingerprint density at radius 2 is 2.14 bits per heavy atom. The Morgan fingerprint density at radius 1 is 1.29 bits per heavy atom. The van der Waals surface area contributed by atoms with E-state index in [1.165, 1.54) is 0 Å². The first kappa shape index (κ1) is 8.52. The topological polar surface area (TPSA) is 22.2 Å². The second-order valence-electron chi connectivity index (χ2n) is 2.90. The number of nitrogens with zero attached hydrogens (tertiary/aromatic N) is 3. The summed E-state index contributed by atoms with van der Waals surface area (Å²) in [4.78, 5) is 3.39. The molecule has 3 nitrogen and oxygen atoms in total. The van der Waals surface area contributed by atoms with Gasteiger partial charge in [0.1, 0.15) is 0 Å². The smallest absolute Gasteiger partial charge is 0.241 e. The van der Waals surface area contributed by atoms with Gasteiger partial charge in [-0.25, -0.2) is 11.3 Å². The fraction of sp³-hybridized carbons (Fsp3) is 0.0909. The van der Waals surface area contributed by atoms with E-state index in [1.807, 2.05) is 36.5 Å². The highest BCUT2D eigenvalue weighted by atomic mass is 15.3. The van der Waals surface area contributed by atoms with Gasteiger partial charge in [0.2, 0.25) is 6.54 Å². The number of hydrogen-bond acceptors (Lipinski definition) is 1. The summed E-state index contributed by atoms with van der Waals surface area (Å²) in [7, 11) is 0. The van der Waals surface area contributed by atoms with E-state index in [0.29, 0.717) is 6.54 Å². The molecule has 3 heteroatoms. The van der Waals surface area contributed by atoms with Crippen molar-refractivity contribution in [3.05, 3.63) is 59.7 Å². The van der Waals surface area contributed by atoms with E-state index in [4.69, 9.17) is 6.57 Å². The zero-order valence-corrected chi connectivity index (χ0v) is 7.59. The first-order valence-corrected chi connectivity index (χ1v) is 4.33. The molecule has 0 spiro atoms. The average molecular weight is 183 g/mol. The minimum atomic E-state index is 0.399. The summed E-state index contributed by atoms with van der Waals surface area (Å²) in [5, 5.41) is 4.14. The van der Waals surface area contributed by atoms with Gasteiger partial charge in [-0.05, 0) is 18.2 Å². The van der Waals surface area contributed by atoms with Crippen molar-refractivity contribution in [2.24, 2.45) is 0 Å². The van der Waals surface area contributed by atoms with Crippen molar-refractivity contribution in [3.8, 4) is 5.69 Å². The highest BCUT2D eigenvalue weighted by Crippen LogP contribution is 2.13. The Labute approximate surface area is 82.4 Å². The summed E-state index contributed by atoms with van der Waals surface area (Å²) in [6.45, 7) is 7.26. The normalized spacial score (nSPS) is 9.64. The molecule has 0 fully saturated rings. The molecule has 1 aromatic heterocycles. The molecule has 2 aromatic rings. The average Bonchev–Trinajstić information content (AvgIpc) is 2.72. The van der Waals surface area contributed by atoms with E-state index in [2.05, 4.69) is 9.94 Å². The van der Waals surface area contributed by atoms with Gasteiger partial charge < -0.3 is 4.85 Å². The summed E-state index contributed by atoms with van der Waals surface area (Å²) >= 11 is 0. The summed E-state index contributed by atoms with van der Waals surface area (Å²) in [6, 6.07) is 9.68. The standard InChI is InChI=1S/C11H9N3/c1-12-9-10-5-2-3-6-11(10)14-8-4-7-13-14/h2-8H,9H2. The first-order chi connectivity index (χ1) is 6.92. The van der Waals surface area contributed by atoms with Crippen LogP contribution in [0.1, 0.15) is 5.56 Å². The van der Waals surface area contributed by atoms with Crippen molar-refractivity contribution >= 4 is 0 Å². The fourth-order valence-corrected chi connectivity index (χ4v) is 1.36. The van der Waals surface area contributed by atoms with Gasteiger partial charge in [-0.3, -0.25) is 0 Å². The Hall–Kier alpha value is -2.08. The van der Waals surface area contributed by atoms with Crippen LogP contribution in [0.15, 0.2) is 42.7 Å². The van der Waals surface area contributed by atoms with E-state index >= 15 is 0 Å². The molecule has 0 radical (unpaired) electrons. The Bertz CT molecular complexity index is 452. The summed E-state index contributed by atoms with van der Waals surface area (Å²) in [6.07, 6.45) is 3.61. The van der Waals surface area contributed by atoms with Crippen LogP contribution in [-0.4, -0.2) is 9.78 Å². The SMILES string of the molecule is [C-]#[N+]Cc1ccccc1-n1cccn1. The third-order valence-corrected chi connectivity index (χ3v) is 1.99. The van der Waals surface area contributed by atoms with Crippen molar-refractivity contribution in [1.82, 2.24) is 9.78 Å². The maximum atomic E-state index is 6.86. The van der Waals surface area contributed by atoms with Gasteiger partial charge in [0.05, 0.1) is 11.3 Å². The van der Waals surface area contributed by atoms with Crippen molar-refractivity contribution in [2.75, 3.05) is 0 Å².